The van der Waals surface area contributed by atoms with Gasteiger partial charge >= 0.3 is 6.09 Å². The van der Waals surface area contributed by atoms with E-state index in [9.17, 15) is 13.2 Å². The molecule has 43 heavy (non-hydrogen) atoms. The van der Waals surface area contributed by atoms with Crippen LogP contribution in [-0.4, -0.2) is 43.1 Å². The van der Waals surface area contributed by atoms with Gasteiger partial charge in [-0.05, 0) is 65.4 Å². The molecule has 0 saturated carbocycles. The van der Waals surface area contributed by atoms with Gasteiger partial charge in [-0.25, -0.2) is 13.2 Å². The second kappa shape index (κ2) is 12.4. The van der Waals surface area contributed by atoms with Crippen molar-refractivity contribution in [1.29, 1.82) is 0 Å². The summed E-state index contributed by atoms with van der Waals surface area (Å²) in [5, 5.41) is 0.588. The highest BCUT2D eigenvalue weighted by atomic mass is 35.5. The molecule has 4 aromatic rings. The molecule has 1 amide bonds. The van der Waals surface area contributed by atoms with Crippen molar-refractivity contribution in [2.45, 2.75) is 49.4 Å². The number of hydrogen-bond donors (Lipinski definition) is 0. The first-order chi connectivity index (χ1) is 20.8. The molecule has 222 valence electrons. The lowest BCUT2D eigenvalue weighted by Gasteiger charge is -2.44. The van der Waals surface area contributed by atoms with Gasteiger partial charge in [0.1, 0.15) is 18.0 Å². The topological polar surface area (TPSA) is 85.8 Å². The number of carbonyl (C=O) groups excluding carboxylic acids is 1. The Bertz CT molecular complexity index is 1700. The predicted molar refractivity (Wildman–Crippen MR) is 167 cm³/mol. The van der Waals surface area contributed by atoms with Gasteiger partial charge in [0, 0.05) is 42.7 Å². The van der Waals surface area contributed by atoms with Crippen LogP contribution < -0.4 is 4.74 Å². The van der Waals surface area contributed by atoms with E-state index in [4.69, 9.17) is 21.1 Å². The molecule has 0 radical (unpaired) electrons. The molecule has 2 aliphatic rings. The summed E-state index contributed by atoms with van der Waals surface area (Å²) >= 11 is 6.18. The van der Waals surface area contributed by atoms with Crippen LogP contribution in [-0.2, 0) is 39.1 Å². The van der Waals surface area contributed by atoms with Gasteiger partial charge in [0.15, 0.2) is 9.84 Å². The molecule has 1 fully saturated rings. The Morgan fingerprint density at radius 3 is 2.40 bits per heavy atom. The third-order valence-corrected chi connectivity index (χ3v) is 10.1. The fraction of sp³-hybridized carbons (Fsp3) is 0.294. The lowest BCUT2D eigenvalue weighted by molar-refractivity contribution is -0.0150. The molecular weight excluding hydrogens is 584 g/mol. The highest BCUT2D eigenvalue weighted by molar-refractivity contribution is 7.89. The van der Waals surface area contributed by atoms with Gasteiger partial charge < -0.3 is 14.4 Å². The zero-order valence-corrected chi connectivity index (χ0v) is 25.3. The average molecular weight is 617 g/mol. The summed E-state index contributed by atoms with van der Waals surface area (Å²) in [7, 11) is -3.33. The second-order valence-corrected chi connectivity index (χ2v) is 13.8. The number of ether oxygens (including phenoxy) is 2. The Labute approximate surface area is 257 Å². The molecule has 7 nitrogen and oxygen atoms in total. The number of aryl methyl sites for hydroxylation is 1. The van der Waals surface area contributed by atoms with Crippen molar-refractivity contribution in [1.82, 2.24) is 9.88 Å². The van der Waals surface area contributed by atoms with Gasteiger partial charge in [-0.3, -0.25) is 4.98 Å². The van der Waals surface area contributed by atoms with Gasteiger partial charge in [0.2, 0.25) is 0 Å². The third kappa shape index (κ3) is 7.03. The number of aromatic nitrogens is 1. The lowest BCUT2D eigenvalue weighted by atomic mass is 9.82. The summed E-state index contributed by atoms with van der Waals surface area (Å²) in [5.41, 5.74) is 5.06. The zero-order chi connectivity index (χ0) is 29.9. The van der Waals surface area contributed by atoms with Gasteiger partial charge in [0.05, 0.1) is 17.2 Å². The van der Waals surface area contributed by atoms with E-state index >= 15 is 0 Å². The number of sulfone groups is 1. The van der Waals surface area contributed by atoms with Crippen LogP contribution in [0.5, 0.6) is 5.75 Å². The Kier molecular flexibility index (Phi) is 8.41. The minimum absolute atomic E-state index is 0.0273. The fourth-order valence-electron chi connectivity index (χ4n) is 5.80. The van der Waals surface area contributed by atoms with Crippen molar-refractivity contribution in [3.63, 3.8) is 0 Å². The van der Waals surface area contributed by atoms with Crippen LogP contribution in [0.2, 0.25) is 5.02 Å². The highest BCUT2D eigenvalue weighted by Gasteiger charge is 2.40. The number of hydrogen-bond acceptors (Lipinski definition) is 6. The number of pyridine rings is 1. The molecule has 2 aliphatic heterocycles. The van der Waals surface area contributed by atoms with Crippen molar-refractivity contribution in [2.75, 3.05) is 13.1 Å². The standard InChI is InChI=1S/C34H33ClN2O5S/c35-31-7-2-1-5-29(31)22-41-33(38)37-19-16-34(17-20-37)15-14-28-21-27(12-13-32(28)42-34)26-10-8-25(9-11-26)23-43(39,40)24-30-6-3-4-18-36-30/h1-13,18,21H,14-17,19-20,22-24H2. The SMILES string of the molecule is O=C(OCc1ccccc1Cl)N1CCC2(CCc3cc(-c4ccc(CS(=O)(=O)Cc5ccccn5)cc4)ccc3O2)CC1. The minimum Gasteiger partial charge on any atom is -0.487 e. The van der Waals surface area contributed by atoms with E-state index in [0.29, 0.717) is 23.8 Å². The Hall–Kier alpha value is -3.88. The normalized spacial score (nSPS) is 15.9. The monoisotopic (exact) mass is 616 g/mol. The number of benzene rings is 3. The summed E-state index contributed by atoms with van der Waals surface area (Å²) in [4.78, 5) is 18.6. The summed E-state index contributed by atoms with van der Waals surface area (Å²) in [6, 6.07) is 26.6. The van der Waals surface area contributed by atoms with Crippen LogP contribution >= 0.6 is 11.6 Å². The lowest BCUT2D eigenvalue weighted by Crippen LogP contribution is -2.51. The van der Waals surface area contributed by atoms with Crippen LogP contribution in [0.3, 0.4) is 0 Å². The van der Waals surface area contributed by atoms with Crippen molar-refractivity contribution >= 4 is 27.5 Å². The van der Waals surface area contributed by atoms with Crippen LogP contribution in [0.15, 0.2) is 91.1 Å². The molecule has 1 spiro atoms. The largest absolute Gasteiger partial charge is 0.487 e. The molecule has 0 unspecified atom stereocenters. The molecule has 0 atom stereocenters. The highest BCUT2D eigenvalue weighted by Crippen LogP contribution is 2.41. The fourth-order valence-corrected chi connectivity index (χ4v) is 7.42. The van der Waals surface area contributed by atoms with E-state index in [0.717, 1.165) is 59.3 Å². The Morgan fingerprint density at radius 2 is 1.65 bits per heavy atom. The summed E-state index contributed by atoms with van der Waals surface area (Å²) in [6.45, 7) is 1.32. The van der Waals surface area contributed by atoms with E-state index in [2.05, 4.69) is 11.1 Å². The number of piperidine rings is 1. The van der Waals surface area contributed by atoms with Crippen LogP contribution in [0.4, 0.5) is 4.79 Å². The number of fused-ring (bicyclic) bond motifs is 1. The summed E-state index contributed by atoms with van der Waals surface area (Å²) in [6.07, 6.45) is 4.56. The molecular formula is C34H33ClN2O5S. The molecule has 0 bridgehead atoms. The van der Waals surface area contributed by atoms with E-state index in [1.807, 2.05) is 54.6 Å². The number of halogens is 1. The first-order valence-corrected chi connectivity index (χ1v) is 16.6. The first kappa shape index (κ1) is 29.2. The number of amides is 1. The predicted octanol–water partition coefficient (Wildman–Crippen LogP) is 7.01. The quantitative estimate of drug-likeness (QED) is 0.222. The molecule has 9 heteroatoms. The molecule has 0 aliphatic carbocycles. The van der Waals surface area contributed by atoms with Gasteiger partial charge in [-0.15, -0.1) is 0 Å². The van der Waals surface area contributed by atoms with Gasteiger partial charge in [-0.1, -0.05) is 66.2 Å². The maximum Gasteiger partial charge on any atom is 0.410 e. The molecule has 1 saturated heterocycles. The average Bonchev–Trinajstić information content (AvgIpc) is 3.01. The Morgan fingerprint density at radius 1 is 0.907 bits per heavy atom. The summed E-state index contributed by atoms with van der Waals surface area (Å²) in [5.74, 6) is 0.788. The molecule has 6 rings (SSSR count). The number of likely N-dealkylation sites (tertiary alicyclic amines) is 1. The summed E-state index contributed by atoms with van der Waals surface area (Å²) < 4.78 is 37.4. The van der Waals surface area contributed by atoms with E-state index < -0.39 is 9.84 Å². The zero-order valence-electron chi connectivity index (χ0n) is 23.7. The van der Waals surface area contributed by atoms with E-state index in [1.54, 1.807) is 35.4 Å². The van der Waals surface area contributed by atoms with Crippen molar-refractivity contribution in [3.05, 3.63) is 119 Å². The van der Waals surface area contributed by atoms with E-state index in [-0.39, 0.29) is 29.8 Å². The van der Waals surface area contributed by atoms with Crippen molar-refractivity contribution < 1.29 is 22.7 Å². The van der Waals surface area contributed by atoms with Crippen molar-refractivity contribution in [2.24, 2.45) is 0 Å². The number of carbonyl (C=O) groups is 1. The molecule has 3 aromatic carbocycles. The van der Waals surface area contributed by atoms with Gasteiger partial charge in [-0.2, -0.15) is 0 Å². The minimum atomic E-state index is -3.33. The van der Waals surface area contributed by atoms with Crippen LogP contribution in [0.25, 0.3) is 11.1 Å². The maximum absolute atomic E-state index is 12.7. The molecule has 3 heterocycles. The number of nitrogens with zero attached hydrogens (tertiary/aromatic N) is 2. The van der Waals surface area contributed by atoms with Gasteiger partial charge in [0.25, 0.3) is 0 Å². The number of rotatable bonds is 7. The molecule has 1 aromatic heterocycles. The Balaban J connectivity index is 1.04. The van der Waals surface area contributed by atoms with Crippen LogP contribution in [0.1, 0.15) is 41.6 Å². The third-order valence-electron chi connectivity index (χ3n) is 8.25. The van der Waals surface area contributed by atoms with Crippen molar-refractivity contribution in [3.8, 4) is 16.9 Å². The second-order valence-electron chi connectivity index (χ2n) is 11.3. The first-order valence-electron chi connectivity index (χ1n) is 14.4. The maximum atomic E-state index is 12.7. The molecule has 0 N–H and O–H groups in total. The smallest absolute Gasteiger partial charge is 0.410 e. The van der Waals surface area contributed by atoms with E-state index in [1.165, 1.54) is 0 Å². The van der Waals surface area contributed by atoms with Crippen LogP contribution in [0, 0.1) is 0 Å².